The van der Waals surface area contributed by atoms with Crippen LogP contribution in [0.15, 0.2) is 48.5 Å². The van der Waals surface area contributed by atoms with Crippen LogP contribution in [-0.2, 0) is 4.79 Å². The number of carbonyl (C=O) groups is 1. The number of anilines is 1. The summed E-state index contributed by atoms with van der Waals surface area (Å²) in [5.41, 5.74) is 5.34. The molecule has 4 rings (SSSR count). The van der Waals surface area contributed by atoms with Crippen LogP contribution in [0.2, 0.25) is 0 Å². The lowest BCUT2D eigenvalue weighted by atomic mass is 9.94. The third kappa shape index (κ3) is 3.79. The summed E-state index contributed by atoms with van der Waals surface area (Å²) in [4.78, 5) is 15.0. The van der Waals surface area contributed by atoms with Gasteiger partial charge in [-0.25, -0.2) is 0 Å². The molecule has 8 nitrogen and oxygen atoms in total. The fraction of sp³-hybridized carbons (Fsp3) is 0.200. The Morgan fingerprint density at radius 1 is 1.07 bits per heavy atom. The second-order valence-corrected chi connectivity index (χ2v) is 8.45. The molecule has 3 aromatic rings. The molecular formula is C20H21N6O2S2+. The predicted octanol–water partition coefficient (Wildman–Crippen LogP) is 2.19. The highest BCUT2D eigenvalue weighted by Crippen LogP contribution is 2.26. The summed E-state index contributed by atoms with van der Waals surface area (Å²) in [6.07, 6.45) is 0. The molecule has 1 fully saturated rings. The highest BCUT2D eigenvalue weighted by molar-refractivity contribution is 7.72. The maximum absolute atomic E-state index is 12.0. The summed E-state index contributed by atoms with van der Waals surface area (Å²) in [5, 5.41) is 18.0. The summed E-state index contributed by atoms with van der Waals surface area (Å²) in [7, 11) is 0. The molecule has 0 saturated carbocycles. The zero-order valence-electron chi connectivity index (χ0n) is 16.4. The van der Waals surface area contributed by atoms with E-state index in [1.165, 1.54) is 0 Å². The first-order valence-corrected chi connectivity index (χ1v) is 10.1. The second kappa shape index (κ2) is 7.54. The Balaban J connectivity index is 1.57. The lowest BCUT2D eigenvalue weighted by molar-refractivity contribution is -0.364. The predicted molar refractivity (Wildman–Crippen MR) is 119 cm³/mol. The Morgan fingerprint density at radius 3 is 2.33 bits per heavy atom. The van der Waals surface area contributed by atoms with Gasteiger partial charge in [-0.15, -0.1) is 0 Å². The summed E-state index contributed by atoms with van der Waals surface area (Å²) < 4.78 is 2.60. The van der Waals surface area contributed by atoms with Crippen molar-refractivity contribution in [1.29, 1.82) is 0 Å². The normalized spacial score (nSPS) is 16.0. The van der Waals surface area contributed by atoms with Gasteiger partial charge in [0.2, 0.25) is 11.6 Å². The van der Waals surface area contributed by atoms with Gasteiger partial charge in [0.15, 0.2) is 9.54 Å². The van der Waals surface area contributed by atoms with E-state index in [9.17, 15) is 9.90 Å². The lowest BCUT2D eigenvalue weighted by Gasteiger charge is -2.18. The standard InChI is InChI=1S/C20H20N6O2S2/c1-20(2)11-25(24-17(20)28)14-8-6-12(7-9-14)16(27)21-13-4-3-5-15(10-13)26-18(29)22-23-19(26)30/h3-10H,11H2,1-2H3,(H,21,27)(H,22,29)(H,23,30)(H,24,28)/p+1. The van der Waals surface area contributed by atoms with Crippen molar-refractivity contribution in [3.8, 4) is 5.69 Å². The number of aliphatic hydroxyl groups is 1. The van der Waals surface area contributed by atoms with Gasteiger partial charge in [-0.2, -0.15) is 4.99 Å². The van der Waals surface area contributed by atoms with Crippen molar-refractivity contribution in [3.63, 3.8) is 0 Å². The highest BCUT2D eigenvalue weighted by atomic mass is 32.1. The highest BCUT2D eigenvalue weighted by Gasteiger charge is 2.38. The molecule has 5 N–H and O–H groups in total. The number of aromatic amines is 2. The number of rotatable bonds is 4. The van der Waals surface area contributed by atoms with E-state index in [0.717, 1.165) is 11.4 Å². The molecule has 0 spiro atoms. The molecular weight excluding hydrogens is 420 g/mol. The van der Waals surface area contributed by atoms with Crippen LogP contribution in [0.25, 0.3) is 5.69 Å². The van der Waals surface area contributed by atoms with Crippen LogP contribution in [0.5, 0.6) is 0 Å². The molecule has 0 aliphatic carbocycles. The van der Waals surface area contributed by atoms with Gasteiger partial charge in [-0.05, 0) is 68.6 Å². The Labute approximate surface area is 182 Å². The maximum Gasteiger partial charge on any atom is 0.371 e. The summed E-state index contributed by atoms with van der Waals surface area (Å²) >= 11 is 10.5. The Bertz CT molecular complexity index is 1230. The van der Waals surface area contributed by atoms with Crippen molar-refractivity contribution in [2.45, 2.75) is 13.8 Å². The first-order valence-electron chi connectivity index (χ1n) is 9.27. The van der Waals surface area contributed by atoms with Crippen molar-refractivity contribution >= 4 is 47.6 Å². The van der Waals surface area contributed by atoms with Crippen LogP contribution >= 0.6 is 24.4 Å². The number of nitrogens with zero attached hydrogens (tertiary/aromatic N) is 2. The molecule has 0 radical (unpaired) electrons. The number of aliphatic hydroxyl groups excluding tert-OH is 1. The fourth-order valence-corrected chi connectivity index (χ4v) is 3.77. The van der Waals surface area contributed by atoms with Gasteiger partial charge in [0, 0.05) is 12.1 Å². The van der Waals surface area contributed by atoms with Crippen LogP contribution in [0, 0.1) is 15.0 Å². The number of hydrazine groups is 1. The summed E-state index contributed by atoms with van der Waals surface area (Å²) in [6, 6.07) is 14.7. The molecule has 30 heavy (non-hydrogen) atoms. The monoisotopic (exact) mass is 441 g/mol. The number of carbonyl (C=O) groups excluding carboxylic acids is 1. The SMILES string of the molecule is CC1(C)CN(c2ccc(C(O)=[NH+]c3cccc(-n4c(=S)[nH][nH]c4=S)c3)cc2)NC1=O. The molecule has 1 aliphatic rings. The number of benzene rings is 2. The van der Waals surface area contributed by atoms with Crippen LogP contribution in [-0.4, -0.2) is 38.2 Å². The number of nitrogens with one attached hydrogen (secondary N) is 4. The van der Waals surface area contributed by atoms with E-state index >= 15 is 0 Å². The average Bonchev–Trinajstić information content (AvgIpc) is 3.19. The van der Waals surface area contributed by atoms with Crippen LogP contribution in [0.4, 0.5) is 11.4 Å². The van der Waals surface area contributed by atoms with Gasteiger partial charge >= 0.3 is 5.90 Å². The smallest absolute Gasteiger partial charge is 0.371 e. The van der Waals surface area contributed by atoms with Gasteiger partial charge in [0.25, 0.3) is 0 Å². The van der Waals surface area contributed by atoms with Gasteiger partial charge in [-0.1, -0.05) is 6.07 Å². The van der Waals surface area contributed by atoms with E-state index < -0.39 is 5.41 Å². The van der Waals surface area contributed by atoms with E-state index in [1.807, 2.05) is 55.3 Å². The van der Waals surface area contributed by atoms with E-state index in [-0.39, 0.29) is 11.8 Å². The zero-order chi connectivity index (χ0) is 21.5. The van der Waals surface area contributed by atoms with E-state index in [0.29, 0.717) is 27.3 Å². The van der Waals surface area contributed by atoms with Crippen LogP contribution in [0.1, 0.15) is 19.4 Å². The second-order valence-electron chi connectivity index (χ2n) is 7.68. The first-order chi connectivity index (χ1) is 14.2. The topological polar surface area (TPSA) is 103 Å². The van der Waals surface area contributed by atoms with E-state index in [2.05, 4.69) is 20.6 Å². The third-order valence-electron chi connectivity index (χ3n) is 4.91. The van der Waals surface area contributed by atoms with Crippen molar-refractivity contribution in [1.82, 2.24) is 20.2 Å². The van der Waals surface area contributed by atoms with Crippen LogP contribution < -0.4 is 15.4 Å². The van der Waals surface area contributed by atoms with Gasteiger partial charge in [0.05, 0.1) is 28.9 Å². The first kappa shape index (κ1) is 20.0. The minimum absolute atomic E-state index is 0.00677. The molecule has 1 aromatic heterocycles. The Morgan fingerprint density at radius 2 is 1.73 bits per heavy atom. The minimum Gasteiger partial charge on any atom is -0.459 e. The maximum atomic E-state index is 12.0. The number of hydrogen-bond donors (Lipinski definition) is 5. The van der Waals surface area contributed by atoms with Crippen molar-refractivity contribution < 1.29 is 14.9 Å². The number of aromatic nitrogens is 3. The third-order valence-corrected chi connectivity index (χ3v) is 5.48. The van der Waals surface area contributed by atoms with E-state index in [1.54, 1.807) is 16.7 Å². The van der Waals surface area contributed by atoms with Crippen molar-refractivity contribution in [2.24, 2.45) is 5.41 Å². The minimum atomic E-state index is -0.440. The number of amides is 1. The van der Waals surface area contributed by atoms with Crippen LogP contribution in [0.3, 0.4) is 0 Å². The Hall–Kier alpha value is -3.24. The molecule has 1 saturated heterocycles. The molecule has 0 atom stereocenters. The molecule has 1 amide bonds. The molecule has 0 unspecified atom stereocenters. The molecule has 1 aliphatic heterocycles. The number of H-pyrrole nitrogens is 2. The van der Waals surface area contributed by atoms with Gasteiger partial charge in [-0.3, -0.25) is 30.0 Å². The molecule has 154 valence electrons. The van der Waals surface area contributed by atoms with Gasteiger partial charge < -0.3 is 5.11 Å². The molecule has 2 heterocycles. The van der Waals surface area contributed by atoms with Crippen molar-refractivity contribution in [2.75, 3.05) is 11.6 Å². The average molecular weight is 442 g/mol. The zero-order valence-corrected chi connectivity index (χ0v) is 18.0. The van der Waals surface area contributed by atoms with Crippen molar-refractivity contribution in [3.05, 3.63) is 63.6 Å². The molecule has 10 heteroatoms. The largest absolute Gasteiger partial charge is 0.459 e. The lowest BCUT2D eigenvalue weighted by Crippen LogP contribution is -2.66. The fourth-order valence-electron chi connectivity index (χ4n) is 3.21. The number of hydrogen-bond acceptors (Lipinski definition) is 4. The quantitative estimate of drug-likeness (QED) is 0.243. The summed E-state index contributed by atoms with van der Waals surface area (Å²) in [6.45, 7) is 4.39. The van der Waals surface area contributed by atoms with Gasteiger partial charge in [0.1, 0.15) is 0 Å². The molecule has 0 bridgehead atoms. The van der Waals surface area contributed by atoms with E-state index in [4.69, 9.17) is 24.4 Å². The Kier molecular flexibility index (Phi) is 5.04. The summed E-state index contributed by atoms with van der Waals surface area (Å²) in [5.74, 6) is -0.00258. The molecule has 2 aromatic carbocycles.